The van der Waals surface area contributed by atoms with Gasteiger partial charge in [0.15, 0.2) is 5.82 Å². The van der Waals surface area contributed by atoms with Crippen LogP contribution in [-0.4, -0.2) is 22.0 Å². The Bertz CT molecular complexity index is 599. The van der Waals surface area contributed by atoms with Gasteiger partial charge in [0, 0.05) is 13.2 Å². The van der Waals surface area contributed by atoms with Crippen molar-refractivity contribution in [3.8, 4) is 11.5 Å². The van der Waals surface area contributed by atoms with Gasteiger partial charge in [0.25, 0.3) is 0 Å². The van der Waals surface area contributed by atoms with Gasteiger partial charge >= 0.3 is 0 Å². The van der Waals surface area contributed by atoms with Crippen molar-refractivity contribution in [2.45, 2.75) is 20.3 Å². The molecule has 0 aliphatic rings. The molecule has 2 heterocycles. The number of aromatic nitrogens is 3. The van der Waals surface area contributed by atoms with E-state index in [-0.39, 0.29) is 0 Å². The molecule has 0 aliphatic heterocycles. The number of halogens is 2. The SMILES string of the molecule is CNc1nc(-c2ccc(Cl)cn2)nc(CC(C)C)c1I. The third kappa shape index (κ3) is 3.58. The van der Waals surface area contributed by atoms with Gasteiger partial charge in [0.1, 0.15) is 11.5 Å². The molecule has 0 fully saturated rings. The molecule has 0 radical (unpaired) electrons. The minimum Gasteiger partial charge on any atom is -0.372 e. The average Bonchev–Trinajstić information content (AvgIpc) is 2.41. The zero-order valence-corrected chi connectivity index (χ0v) is 14.5. The van der Waals surface area contributed by atoms with Crippen molar-refractivity contribution in [2.75, 3.05) is 12.4 Å². The maximum Gasteiger partial charge on any atom is 0.180 e. The Morgan fingerprint density at radius 1 is 1.30 bits per heavy atom. The fraction of sp³-hybridized carbons (Fsp3) is 0.357. The molecule has 2 aromatic rings. The molecule has 0 amide bonds. The highest BCUT2D eigenvalue weighted by atomic mass is 127. The summed E-state index contributed by atoms with van der Waals surface area (Å²) < 4.78 is 1.07. The number of nitrogens with zero attached hydrogens (tertiary/aromatic N) is 3. The Labute approximate surface area is 137 Å². The number of rotatable bonds is 4. The zero-order chi connectivity index (χ0) is 14.7. The zero-order valence-electron chi connectivity index (χ0n) is 11.6. The van der Waals surface area contributed by atoms with Crippen LogP contribution in [0, 0.1) is 9.49 Å². The second-order valence-electron chi connectivity index (χ2n) is 4.87. The molecule has 2 rings (SSSR count). The number of hydrogen-bond acceptors (Lipinski definition) is 4. The summed E-state index contributed by atoms with van der Waals surface area (Å²) in [6.07, 6.45) is 2.52. The highest BCUT2D eigenvalue weighted by Gasteiger charge is 2.14. The molecule has 106 valence electrons. The highest BCUT2D eigenvalue weighted by molar-refractivity contribution is 14.1. The summed E-state index contributed by atoms with van der Waals surface area (Å²) in [4.78, 5) is 13.5. The predicted octanol–water partition coefficient (Wildman–Crippen LogP) is 4.04. The van der Waals surface area contributed by atoms with Gasteiger partial charge in [-0.05, 0) is 47.1 Å². The normalized spacial score (nSPS) is 10.9. The van der Waals surface area contributed by atoms with Crippen molar-refractivity contribution >= 4 is 40.0 Å². The molecule has 0 bridgehead atoms. The van der Waals surface area contributed by atoms with E-state index in [0.29, 0.717) is 16.8 Å². The number of nitrogens with one attached hydrogen (secondary N) is 1. The molecule has 0 unspecified atom stereocenters. The van der Waals surface area contributed by atoms with Crippen LogP contribution in [0.3, 0.4) is 0 Å². The van der Waals surface area contributed by atoms with E-state index in [4.69, 9.17) is 11.6 Å². The second-order valence-corrected chi connectivity index (χ2v) is 6.38. The van der Waals surface area contributed by atoms with Crippen molar-refractivity contribution in [1.29, 1.82) is 0 Å². The average molecular weight is 403 g/mol. The van der Waals surface area contributed by atoms with Crippen LogP contribution in [0.2, 0.25) is 5.02 Å². The molecule has 6 heteroatoms. The molecular weight excluding hydrogens is 387 g/mol. The fourth-order valence-corrected chi connectivity index (χ4v) is 2.65. The van der Waals surface area contributed by atoms with Gasteiger partial charge in [-0.15, -0.1) is 0 Å². The molecule has 0 spiro atoms. The Morgan fingerprint density at radius 2 is 2.05 bits per heavy atom. The largest absolute Gasteiger partial charge is 0.372 e. The van der Waals surface area contributed by atoms with E-state index in [9.17, 15) is 0 Å². The first-order valence-electron chi connectivity index (χ1n) is 6.37. The van der Waals surface area contributed by atoms with E-state index in [1.807, 2.05) is 13.1 Å². The molecule has 20 heavy (non-hydrogen) atoms. The first-order chi connectivity index (χ1) is 9.51. The van der Waals surface area contributed by atoms with Crippen LogP contribution in [0.25, 0.3) is 11.5 Å². The van der Waals surface area contributed by atoms with Crippen molar-refractivity contribution in [1.82, 2.24) is 15.0 Å². The lowest BCUT2D eigenvalue weighted by Crippen LogP contribution is -2.08. The predicted molar refractivity (Wildman–Crippen MR) is 91.1 cm³/mol. The van der Waals surface area contributed by atoms with E-state index in [1.165, 1.54) is 0 Å². The Morgan fingerprint density at radius 3 is 2.60 bits per heavy atom. The van der Waals surface area contributed by atoms with Crippen molar-refractivity contribution < 1.29 is 0 Å². The minimum absolute atomic E-state index is 0.536. The summed E-state index contributed by atoms with van der Waals surface area (Å²) in [7, 11) is 1.86. The van der Waals surface area contributed by atoms with Crippen LogP contribution < -0.4 is 5.32 Å². The molecule has 0 saturated carbocycles. The molecule has 0 atom stereocenters. The maximum absolute atomic E-state index is 5.87. The van der Waals surface area contributed by atoms with Gasteiger partial charge in [-0.25, -0.2) is 9.97 Å². The molecule has 0 aromatic carbocycles. The van der Waals surface area contributed by atoms with Crippen LogP contribution >= 0.6 is 34.2 Å². The van der Waals surface area contributed by atoms with Gasteiger partial charge in [-0.1, -0.05) is 25.4 Å². The Balaban J connectivity index is 2.50. The summed E-state index contributed by atoms with van der Waals surface area (Å²) in [6, 6.07) is 3.63. The first-order valence-corrected chi connectivity index (χ1v) is 7.83. The highest BCUT2D eigenvalue weighted by Crippen LogP contribution is 2.25. The van der Waals surface area contributed by atoms with Crippen LogP contribution in [0.5, 0.6) is 0 Å². The van der Waals surface area contributed by atoms with Crippen molar-refractivity contribution in [3.63, 3.8) is 0 Å². The summed E-state index contributed by atoms with van der Waals surface area (Å²) in [5, 5.41) is 3.72. The Hall–Kier alpha value is -0.950. The van der Waals surface area contributed by atoms with Gasteiger partial charge < -0.3 is 5.32 Å². The maximum atomic E-state index is 5.87. The van der Waals surface area contributed by atoms with E-state index in [2.05, 4.69) is 56.7 Å². The number of pyridine rings is 1. The molecular formula is C14H16ClIN4. The second kappa shape index (κ2) is 6.67. The van der Waals surface area contributed by atoms with Gasteiger partial charge in [-0.3, -0.25) is 4.98 Å². The third-order valence-corrected chi connectivity index (χ3v) is 4.07. The van der Waals surface area contributed by atoms with Gasteiger partial charge in [0.05, 0.1) is 14.3 Å². The molecule has 0 aliphatic carbocycles. The van der Waals surface area contributed by atoms with Crippen molar-refractivity contribution in [3.05, 3.63) is 32.6 Å². The number of anilines is 1. The number of hydrogen-bond donors (Lipinski definition) is 1. The Kier molecular flexibility index (Phi) is 5.15. The first kappa shape index (κ1) is 15.4. The summed E-state index contributed by atoms with van der Waals surface area (Å²) in [6.45, 7) is 4.36. The quantitative estimate of drug-likeness (QED) is 0.784. The van der Waals surface area contributed by atoms with Crippen LogP contribution in [0.4, 0.5) is 5.82 Å². The van der Waals surface area contributed by atoms with Gasteiger partial charge in [-0.2, -0.15) is 0 Å². The molecule has 4 nitrogen and oxygen atoms in total. The smallest absolute Gasteiger partial charge is 0.180 e. The summed E-state index contributed by atoms with van der Waals surface area (Å²) in [5.41, 5.74) is 1.78. The fourth-order valence-electron chi connectivity index (χ4n) is 1.80. The van der Waals surface area contributed by atoms with Gasteiger partial charge in [0.2, 0.25) is 0 Å². The van der Waals surface area contributed by atoms with E-state index < -0.39 is 0 Å². The van der Waals surface area contributed by atoms with E-state index >= 15 is 0 Å². The summed E-state index contributed by atoms with van der Waals surface area (Å²) in [5.74, 6) is 2.00. The van der Waals surface area contributed by atoms with Crippen LogP contribution in [-0.2, 0) is 6.42 Å². The van der Waals surface area contributed by atoms with E-state index in [1.54, 1.807) is 12.3 Å². The van der Waals surface area contributed by atoms with Crippen LogP contribution in [0.1, 0.15) is 19.5 Å². The lowest BCUT2D eigenvalue weighted by Gasteiger charge is -2.12. The van der Waals surface area contributed by atoms with Crippen molar-refractivity contribution in [2.24, 2.45) is 5.92 Å². The van der Waals surface area contributed by atoms with E-state index in [0.717, 1.165) is 27.2 Å². The molecule has 2 aromatic heterocycles. The standard InChI is InChI=1S/C14H16ClIN4/c1-8(2)6-11-12(16)14(17-3)20-13(19-11)10-5-4-9(15)7-18-10/h4-5,7-8H,6H2,1-3H3,(H,17,19,20). The lowest BCUT2D eigenvalue weighted by molar-refractivity contribution is 0.632. The lowest BCUT2D eigenvalue weighted by atomic mass is 10.1. The van der Waals surface area contributed by atoms with Crippen LogP contribution in [0.15, 0.2) is 18.3 Å². The summed E-state index contributed by atoms with van der Waals surface area (Å²) >= 11 is 8.15. The third-order valence-electron chi connectivity index (χ3n) is 2.71. The molecule has 0 saturated heterocycles. The monoisotopic (exact) mass is 402 g/mol. The topological polar surface area (TPSA) is 50.7 Å². The minimum atomic E-state index is 0.536. The molecule has 1 N–H and O–H groups in total.